The molecule has 2 aliphatic heterocycles. The summed E-state index contributed by atoms with van der Waals surface area (Å²) in [7, 11) is 0. The predicted octanol–water partition coefficient (Wildman–Crippen LogP) is 2.77. The number of rotatable bonds is 3. The van der Waals surface area contributed by atoms with Crippen molar-refractivity contribution < 1.29 is 9.18 Å². The van der Waals surface area contributed by atoms with Crippen molar-refractivity contribution in [2.75, 3.05) is 6.54 Å². The van der Waals surface area contributed by atoms with Crippen LogP contribution in [0.2, 0.25) is 0 Å². The average molecular weight is 331 g/mol. The number of amides is 1. The van der Waals surface area contributed by atoms with Gasteiger partial charge in [0.15, 0.2) is 0 Å². The largest absolute Gasteiger partial charge is 0.333 e. The maximum absolute atomic E-state index is 13.0. The van der Waals surface area contributed by atoms with Gasteiger partial charge in [-0.2, -0.15) is 0 Å². The maximum Gasteiger partial charge on any atom is 0.241 e. The van der Waals surface area contributed by atoms with Gasteiger partial charge in [0.2, 0.25) is 5.91 Å². The van der Waals surface area contributed by atoms with Crippen LogP contribution in [0.4, 0.5) is 4.39 Å². The molecular formula is C17H18FN3OS. The zero-order chi connectivity index (χ0) is 15.8. The molecule has 2 N–H and O–H groups in total. The third-order valence-electron chi connectivity index (χ3n) is 4.65. The van der Waals surface area contributed by atoms with Gasteiger partial charge in [-0.25, -0.2) is 15.2 Å². The van der Waals surface area contributed by atoms with Gasteiger partial charge in [-0.1, -0.05) is 18.2 Å². The second-order valence-electron chi connectivity index (χ2n) is 6.03. The standard InChI is InChI=1S/C17H18FN3OS/c18-12-5-3-11(4-6-12)13-10-14(20-19-13)17(22)21-8-7-15(21)16-2-1-9-23-16/h1-6,9,13-15,19-20H,7-8,10H2. The Kier molecular flexibility index (Phi) is 3.88. The van der Waals surface area contributed by atoms with Crippen LogP contribution < -0.4 is 10.9 Å². The summed E-state index contributed by atoms with van der Waals surface area (Å²) in [5, 5.41) is 2.05. The van der Waals surface area contributed by atoms with Gasteiger partial charge < -0.3 is 4.90 Å². The predicted molar refractivity (Wildman–Crippen MR) is 87.2 cm³/mol. The van der Waals surface area contributed by atoms with Crippen molar-refractivity contribution in [3.05, 3.63) is 58.0 Å². The molecule has 0 saturated carbocycles. The molecular weight excluding hydrogens is 313 g/mol. The van der Waals surface area contributed by atoms with E-state index in [0.717, 1.165) is 18.5 Å². The van der Waals surface area contributed by atoms with E-state index >= 15 is 0 Å². The topological polar surface area (TPSA) is 44.4 Å². The Balaban J connectivity index is 1.41. The van der Waals surface area contributed by atoms with Crippen molar-refractivity contribution in [1.82, 2.24) is 15.8 Å². The third-order valence-corrected chi connectivity index (χ3v) is 5.62. The first-order valence-corrected chi connectivity index (χ1v) is 8.71. The zero-order valence-electron chi connectivity index (χ0n) is 12.5. The van der Waals surface area contributed by atoms with Crippen LogP contribution in [0.15, 0.2) is 41.8 Å². The van der Waals surface area contributed by atoms with Gasteiger partial charge in [0.1, 0.15) is 11.9 Å². The molecule has 2 aliphatic rings. The summed E-state index contributed by atoms with van der Waals surface area (Å²) in [6.45, 7) is 0.820. The molecule has 4 rings (SSSR count). The van der Waals surface area contributed by atoms with Crippen molar-refractivity contribution in [1.29, 1.82) is 0 Å². The molecule has 1 aromatic carbocycles. The third kappa shape index (κ3) is 2.78. The molecule has 6 heteroatoms. The summed E-state index contributed by atoms with van der Waals surface area (Å²) < 4.78 is 13.0. The van der Waals surface area contributed by atoms with E-state index in [9.17, 15) is 9.18 Å². The van der Waals surface area contributed by atoms with Crippen molar-refractivity contribution in [3.8, 4) is 0 Å². The fraction of sp³-hybridized carbons (Fsp3) is 0.353. The van der Waals surface area contributed by atoms with Crippen LogP contribution in [0.25, 0.3) is 0 Å². The Morgan fingerprint density at radius 2 is 2.04 bits per heavy atom. The van der Waals surface area contributed by atoms with E-state index in [1.165, 1.54) is 17.0 Å². The monoisotopic (exact) mass is 331 g/mol. The van der Waals surface area contributed by atoms with Crippen LogP contribution in [0.5, 0.6) is 0 Å². The lowest BCUT2D eigenvalue weighted by atomic mass is 9.97. The zero-order valence-corrected chi connectivity index (χ0v) is 13.4. The fourth-order valence-corrected chi connectivity index (χ4v) is 4.13. The Bertz CT molecular complexity index is 688. The summed E-state index contributed by atoms with van der Waals surface area (Å²) in [6.07, 6.45) is 1.71. The second kappa shape index (κ2) is 6.03. The SMILES string of the molecule is O=C(C1CC(c2ccc(F)cc2)NN1)N1CCC1c1cccs1. The number of thiophene rings is 1. The molecule has 0 spiro atoms. The highest BCUT2D eigenvalue weighted by Gasteiger charge is 2.40. The number of carbonyl (C=O) groups excluding carboxylic acids is 1. The van der Waals surface area contributed by atoms with Crippen molar-refractivity contribution in [3.63, 3.8) is 0 Å². The van der Waals surface area contributed by atoms with Crippen LogP contribution in [-0.2, 0) is 4.79 Å². The minimum atomic E-state index is -0.244. The van der Waals surface area contributed by atoms with Crippen LogP contribution in [0.3, 0.4) is 0 Å². The quantitative estimate of drug-likeness (QED) is 0.909. The summed E-state index contributed by atoms with van der Waals surface area (Å²) >= 11 is 1.70. The Labute approximate surface area is 138 Å². The lowest BCUT2D eigenvalue weighted by Crippen LogP contribution is -2.52. The fourth-order valence-electron chi connectivity index (χ4n) is 3.26. The van der Waals surface area contributed by atoms with Crippen LogP contribution >= 0.6 is 11.3 Å². The van der Waals surface area contributed by atoms with Crippen LogP contribution in [0, 0.1) is 5.82 Å². The highest BCUT2D eigenvalue weighted by molar-refractivity contribution is 7.10. The molecule has 23 heavy (non-hydrogen) atoms. The first-order valence-electron chi connectivity index (χ1n) is 7.83. The van der Waals surface area contributed by atoms with Gasteiger partial charge in [-0.15, -0.1) is 11.3 Å². The van der Waals surface area contributed by atoms with E-state index in [-0.39, 0.29) is 29.8 Å². The molecule has 3 unspecified atom stereocenters. The minimum Gasteiger partial charge on any atom is -0.333 e. The van der Waals surface area contributed by atoms with Crippen LogP contribution in [0.1, 0.15) is 35.4 Å². The second-order valence-corrected chi connectivity index (χ2v) is 7.01. The molecule has 0 bridgehead atoms. The first-order chi connectivity index (χ1) is 11.2. The van der Waals surface area contributed by atoms with E-state index in [1.807, 2.05) is 11.0 Å². The number of likely N-dealkylation sites (tertiary alicyclic amines) is 1. The Hall–Kier alpha value is -1.76. The van der Waals surface area contributed by atoms with E-state index < -0.39 is 0 Å². The van der Waals surface area contributed by atoms with Crippen LogP contribution in [-0.4, -0.2) is 23.4 Å². The normalized spacial score (nSPS) is 27.0. The molecule has 2 aromatic rings. The van der Waals surface area contributed by atoms with Gasteiger partial charge in [0.05, 0.1) is 6.04 Å². The lowest BCUT2D eigenvalue weighted by Gasteiger charge is -2.41. The molecule has 1 aromatic heterocycles. The number of hydrogen-bond donors (Lipinski definition) is 2. The maximum atomic E-state index is 13.0. The van der Waals surface area contributed by atoms with Gasteiger partial charge in [-0.3, -0.25) is 4.79 Å². The summed E-state index contributed by atoms with van der Waals surface area (Å²) in [4.78, 5) is 15.9. The molecule has 3 heterocycles. The van der Waals surface area contributed by atoms with E-state index in [4.69, 9.17) is 0 Å². The average Bonchev–Trinajstić information content (AvgIpc) is 3.18. The number of halogens is 1. The smallest absolute Gasteiger partial charge is 0.241 e. The first kappa shape index (κ1) is 14.8. The summed E-state index contributed by atoms with van der Waals surface area (Å²) in [5.41, 5.74) is 7.25. The van der Waals surface area contributed by atoms with Gasteiger partial charge in [0, 0.05) is 17.5 Å². The minimum absolute atomic E-state index is 0.0333. The number of hydrogen-bond acceptors (Lipinski definition) is 4. The van der Waals surface area contributed by atoms with Crippen molar-refractivity contribution in [2.24, 2.45) is 0 Å². The van der Waals surface area contributed by atoms with E-state index in [1.54, 1.807) is 23.5 Å². The molecule has 4 nitrogen and oxygen atoms in total. The molecule has 1 amide bonds. The number of nitrogens with one attached hydrogen (secondary N) is 2. The molecule has 120 valence electrons. The van der Waals surface area contributed by atoms with E-state index in [2.05, 4.69) is 22.3 Å². The van der Waals surface area contributed by atoms with Gasteiger partial charge >= 0.3 is 0 Å². The molecule has 3 atom stereocenters. The van der Waals surface area contributed by atoms with Gasteiger partial charge in [0.25, 0.3) is 0 Å². The number of benzene rings is 1. The molecule has 2 saturated heterocycles. The number of carbonyl (C=O) groups is 1. The summed E-state index contributed by atoms with van der Waals surface area (Å²) in [6, 6.07) is 10.6. The van der Waals surface area contributed by atoms with E-state index in [0.29, 0.717) is 6.42 Å². The Morgan fingerprint density at radius 1 is 1.22 bits per heavy atom. The van der Waals surface area contributed by atoms with Gasteiger partial charge in [-0.05, 0) is 42.0 Å². The molecule has 0 radical (unpaired) electrons. The highest BCUT2D eigenvalue weighted by Crippen LogP contribution is 2.37. The summed E-state index contributed by atoms with van der Waals surface area (Å²) in [5.74, 6) is -0.0986. The molecule has 2 fully saturated rings. The highest BCUT2D eigenvalue weighted by atomic mass is 32.1. The Morgan fingerprint density at radius 3 is 2.70 bits per heavy atom. The van der Waals surface area contributed by atoms with Crippen molar-refractivity contribution >= 4 is 17.2 Å². The number of hydrazine groups is 1. The molecule has 0 aliphatic carbocycles. The number of nitrogens with zero attached hydrogens (tertiary/aromatic N) is 1. The lowest BCUT2D eigenvalue weighted by molar-refractivity contribution is -0.141. The van der Waals surface area contributed by atoms with Crippen molar-refractivity contribution in [2.45, 2.75) is 31.0 Å².